The summed E-state index contributed by atoms with van der Waals surface area (Å²) in [5, 5.41) is 3.29. The third-order valence-electron chi connectivity index (χ3n) is 4.51. The van der Waals surface area contributed by atoms with E-state index in [2.05, 4.69) is 5.32 Å². The first kappa shape index (κ1) is 15.7. The van der Waals surface area contributed by atoms with Crippen LogP contribution in [0.2, 0.25) is 0 Å². The van der Waals surface area contributed by atoms with Crippen molar-refractivity contribution in [1.82, 2.24) is 10.2 Å². The van der Waals surface area contributed by atoms with E-state index >= 15 is 0 Å². The number of nitrogens with one attached hydrogen (secondary N) is 1. The van der Waals surface area contributed by atoms with Crippen molar-refractivity contribution in [2.75, 3.05) is 6.54 Å². The van der Waals surface area contributed by atoms with Crippen LogP contribution in [0.5, 0.6) is 0 Å². The van der Waals surface area contributed by atoms with E-state index < -0.39 is 0 Å². The van der Waals surface area contributed by atoms with Crippen LogP contribution in [-0.2, 0) is 13.1 Å². The number of amides is 1. The third-order valence-corrected chi connectivity index (χ3v) is 4.51. The number of rotatable bonds is 4. The quantitative estimate of drug-likeness (QED) is 0.934. The molecule has 1 atom stereocenters. The molecule has 0 saturated heterocycles. The van der Waals surface area contributed by atoms with Gasteiger partial charge in [-0.1, -0.05) is 18.2 Å². The summed E-state index contributed by atoms with van der Waals surface area (Å²) >= 11 is 0. The number of nitrogens with zero attached hydrogens (tertiary/aromatic N) is 1. The summed E-state index contributed by atoms with van der Waals surface area (Å²) in [7, 11) is 0. The fraction of sp³-hybridized carbons (Fsp3) is 0.316. The molecule has 1 heterocycles. The normalized spacial score (nSPS) is 14.4. The standard InChI is InChI=1S/C19H21FN2O/c1-3-22(13(2)14-6-8-18(20)9-7-14)19(23)15-4-5-16-11-21-12-17(16)10-15/h4-10,13,21H,3,11-12H2,1-2H3. The summed E-state index contributed by atoms with van der Waals surface area (Å²) in [5.74, 6) is -0.250. The minimum absolute atomic E-state index is 0.0130. The van der Waals surface area contributed by atoms with Gasteiger partial charge in [-0.05, 0) is 54.8 Å². The number of fused-ring (bicyclic) bond motifs is 1. The summed E-state index contributed by atoms with van der Waals surface area (Å²) in [5.41, 5.74) is 4.10. The molecule has 1 aliphatic heterocycles. The Morgan fingerprint density at radius 2 is 1.87 bits per heavy atom. The monoisotopic (exact) mass is 312 g/mol. The molecule has 3 rings (SSSR count). The van der Waals surface area contributed by atoms with Gasteiger partial charge in [0.25, 0.3) is 5.91 Å². The Balaban J connectivity index is 1.85. The highest BCUT2D eigenvalue weighted by Gasteiger charge is 2.22. The summed E-state index contributed by atoms with van der Waals surface area (Å²) in [4.78, 5) is 14.7. The van der Waals surface area contributed by atoms with E-state index in [9.17, 15) is 9.18 Å². The van der Waals surface area contributed by atoms with E-state index in [1.54, 1.807) is 12.1 Å². The molecule has 1 unspecified atom stereocenters. The van der Waals surface area contributed by atoms with Gasteiger partial charge in [0.2, 0.25) is 0 Å². The molecule has 2 aromatic rings. The molecule has 0 fully saturated rings. The lowest BCUT2D eigenvalue weighted by Gasteiger charge is -2.28. The number of carbonyl (C=O) groups excluding carboxylic acids is 1. The second-order valence-corrected chi connectivity index (χ2v) is 5.91. The molecule has 120 valence electrons. The van der Waals surface area contributed by atoms with Gasteiger partial charge >= 0.3 is 0 Å². The number of carbonyl (C=O) groups is 1. The van der Waals surface area contributed by atoms with Crippen LogP contribution in [0.25, 0.3) is 0 Å². The third kappa shape index (κ3) is 3.13. The molecule has 0 saturated carbocycles. The predicted molar refractivity (Wildman–Crippen MR) is 88.5 cm³/mol. The maximum atomic E-state index is 13.1. The van der Waals surface area contributed by atoms with Gasteiger partial charge < -0.3 is 10.2 Å². The molecular weight excluding hydrogens is 291 g/mol. The van der Waals surface area contributed by atoms with Crippen LogP contribution < -0.4 is 5.32 Å². The highest BCUT2D eigenvalue weighted by molar-refractivity contribution is 5.94. The highest BCUT2D eigenvalue weighted by Crippen LogP contribution is 2.24. The van der Waals surface area contributed by atoms with E-state index in [1.165, 1.54) is 23.3 Å². The van der Waals surface area contributed by atoms with E-state index in [0.29, 0.717) is 12.1 Å². The first-order chi connectivity index (χ1) is 11.1. The summed E-state index contributed by atoms with van der Waals surface area (Å²) < 4.78 is 13.1. The van der Waals surface area contributed by atoms with E-state index in [-0.39, 0.29) is 17.8 Å². The second kappa shape index (κ2) is 6.50. The lowest BCUT2D eigenvalue weighted by Crippen LogP contribution is -2.33. The first-order valence-electron chi connectivity index (χ1n) is 7.99. The summed E-state index contributed by atoms with van der Waals surface area (Å²) in [6, 6.07) is 12.2. The molecule has 23 heavy (non-hydrogen) atoms. The van der Waals surface area contributed by atoms with Crippen LogP contribution in [0.15, 0.2) is 42.5 Å². The van der Waals surface area contributed by atoms with E-state index in [1.807, 2.05) is 36.9 Å². The zero-order valence-electron chi connectivity index (χ0n) is 13.5. The zero-order chi connectivity index (χ0) is 16.4. The highest BCUT2D eigenvalue weighted by atomic mass is 19.1. The molecule has 0 aromatic heterocycles. The molecule has 1 N–H and O–H groups in total. The van der Waals surface area contributed by atoms with Crippen LogP contribution in [0.4, 0.5) is 4.39 Å². The molecule has 0 aliphatic carbocycles. The molecule has 2 aromatic carbocycles. The average Bonchev–Trinajstić information content (AvgIpc) is 3.03. The van der Waals surface area contributed by atoms with Gasteiger partial charge in [-0.15, -0.1) is 0 Å². The zero-order valence-corrected chi connectivity index (χ0v) is 13.5. The van der Waals surface area contributed by atoms with Crippen molar-refractivity contribution in [2.45, 2.75) is 33.0 Å². The van der Waals surface area contributed by atoms with Gasteiger partial charge in [-0.25, -0.2) is 4.39 Å². The van der Waals surface area contributed by atoms with Crippen LogP contribution in [0.3, 0.4) is 0 Å². The Labute approximate surface area is 136 Å². The molecule has 3 nitrogen and oxygen atoms in total. The van der Waals surface area contributed by atoms with E-state index in [4.69, 9.17) is 0 Å². The Morgan fingerprint density at radius 3 is 2.57 bits per heavy atom. The molecule has 4 heteroatoms. The number of halogens is 1. The maximum absolute atomic E-state index is 13.1. The maximum Gasteiger partial charge on any atom is 0.254 e. The van der Waals surface area contributed by atoms with Crippen LogP contribution >= 0.6 is 0 Å². The lowest BCUT2D eigenvalue weighted by atomic mass is 10.0. The largest absolute Gasteiger partial charge is 0.332 e. The fourth-order valence-corrected chi connectivity index (χ4v) is 3.11. The van der Waals surface area contributed by atoms with Crippen molar-refractivity contribution in [1.29, 1.82) is 0 Å². The molecule has 1 aliphatic rings. The van der Waals surface area contributed by atoms with Crippen molar-refractivity contribution in [2.24, 2.45) is 0 Å². The molecule has 0 radical (unpaired) electrons. The van der Waals surface area contributed by atoms with Crippen molar-refractivity contribution in [3.05, 3.63) is 70.5 Å². The fourth-order valence-electron chi connectivity index (χ4n) is 3.11. The van der Waals surface area contributed by atoms with E-state index in [0.717, 1.165) is 18.7 Å². The van der Waals surface area contributed by atoms with Crippen LogP contribution in [-0.4, -0.2) is 17.4 Å². The van der Waals surface area contributed by atoms with Gasteiger partial charge in [0.15, 0.2) is 0 Å². The summed E-state index contributed by atoms with van der Waals surface area (Å²) in [6.07, 6.45) is 0. The van der Waals surface area contributed by atoms with Crippen molar-refractivity contribution >= 4 is 5.91 Å². The van der Waals surface area contributed by atoms with Gasteiger partial charge in [0.05, 0.1) is 6.04 Å². The van der Waals surface area contributed by atoms with Gasteiger partial charge in [0, 0.05) is 25.2 Å². The average molecular weight is 312 g/mol. The number of hydrogen-bond donors (Lipinski definition) is 1. The smallest absolute Gasteiger partial charge is 0.254 e. The van der Waals surface area contributed by atoms with Crippen LogP contribution in [0.1, 0.15) is 46.9 Å². The predicted octanol–water partition coefficient (Wildman–Crippen LogP) is 3.65. The second-order valence-electron chi connectivity index (χ2n) is 5.91. The Bertz CT molecular complexity index is 712. The lowest BCUT2D eigenvalue weighted by molar-refractivity contribution is 0.0702. The van der Waals surface area contributed by atoms with Crippen molar-refractivity contribution < 1.29 is 9.18 Å². The molecular formula is C19H21FN2O. The molecule has 1 amide bonds. The van der Waals surface area contributed by atoms with Crippen molar-refractivity contribution in [3.8, 4) is 0 Å². The number of benzene rings is 2. The topological polar surface area (TPSA) is 32.3 Å². The Morgan fingerprint density at radius 1 is 1.17 bits per heavy atom. The Kier molecular flexibility index (Phi) is 4.44. The molecule has 0 spiro atoms. The minimum Gasteiger partial charge on any atom is -0.332 e. The SMILES string of the molecule is CCN(C(=O)c1ccc2c(c1)CNC2)C(C)c1ccc(F)cc1. The first-order valence-corrected chi connectivity index (χ1v) is 7.99. The summed E-state index contributed by atoms with van der Waals surface area (Å²) in [6.45, 7) is 6.23. The van der Waals surface area contributed by atoms with Crippen LogP contribution in [0, 0.1) is 5.82 Å². The minimum atomic E-state index is -0.263. The number of hydrogen-bond acceptors (Lipinski definition) is 2. The van der Waals surface area contributed by atoms with Gasteiger partial charge in [0.1, 0.15) is 5.82 Å². The van der Waals surface area contributed by atoms with Gasteiger partial charge in [-0.3, -0.25) is 4.79 Å². The van der Waals surface area contributed by atoms with Gasteiger partial charge in [-0.2, -0.15) is 0 Å². The Hall–Kier alpha value is -2.20. The van der Waals surface area contributed by atoms with Crippen molar-refractivity contribution in [3.63, 3.8) is 0 Å². The molecule has 0 bridgehead atoms.